The molecular formula is C24H53N3O12P2. The summed E-state index contributed by atoms with van der Waals surface area (Å²) in [5.41, 5.74) is 12.0. The van der Waals surface area contributed by atoms with Crippen LogP contribution in [0.5, 0.6) is 0 Å². The maximum Gasteiger partial charge on any atom is 0.265 e. The number of aliphatic hydroxyl groups is 3. The molecule has 0 amide bonds. The predicted molar refractivity (Wildman–Crippen MR) is 140 cm³/mol. The normalized spacial score (nSPS) is 31.4. The van der Waals surface area contributed by atoms with E-state index in [4.69, 9.17) is 4.89 Å². The van der Waals surface area contributed by atoms with Gasteiger partial charge in [-0.1, -0.05) is 19.3 Å². The minimum Gasteiger partial charge on any atom is -0.790 e. The number of phosphoric acid groups is 2. The first-order valence-electron chi connectivity index (χ1n) is 14.6. The van der Waals surface area contributed by atoms with Crippen LogP contribution >= 0.6 is 15.6 Å². The van der Waals surface area contributed by atoms with Gasteiger partial charge in [0, 0.05) is 0 Å². The molecule has 246 valence electrons. The van der Waals surface area contributed by atoms with Crippen LogP contribution in [0.25, 0.3) is 0 Å². The van der Waals surface area contributed by atoms with Crippen molar-refractivity contribution in [2.45, 2.75) is 139 Å². The minimum absolute atomic E-state index is 0.786. The highest BCUT2D eigenvalue weighted by molar-refractivity contribution is 7.44. The standard InChI is InChI=1S/3C6H13N.C6H14O12P2/c3*7-6-4-2-1-3-5-6;7-4-3(1-16-19(10,11)12)18-6(9,5(4)8)2-17-20(13,14)15/h3*6H,1-5,7H2;3-5,7-9H,1-2H2,(H2,10,11,12)(H2,13,14,15). The average molecular weight is 638 g/mol. The van der Waals surface area contributed by atoms with Crippen LogP contribution in [-0.4, -0.2) is 75.7 Å². The molecular weight excluding hydrogens is 584 g/mol. The number of rotatable bonds is 6. The average Bonchev–Trinajstić information content (AvgIpc) is 3.12. The Hall–Kier alpha value is -0.0600. The molecule has 17 heteroatoms. The third-order valence-corrected chi connectivity index (χ3v) is 8.45. The van der Waals surface area contributed by atoms with Crippen molar-refractivity contribution in [3.63, 3.8) is 0 Å². The van der Waals surface area contributed by atoms with E-state index in [9.17, 15) is 39.1 Å². The van der Waals surface area contributed by atoms with Gasteiger partial charge in [0.05, 0.1) is 32.6 Å². The summed E-state index contributed by atoms with van der Waals surface area (Å²) in [7, 11) is -10.6. The smallest absolute Gasteiger partial charge is 0.265 e. The molecule has 5 atom stereocenters. The van der Waals surface area contributed by atoms with Crippen molar-refractivity contribution < 1.29 is 75.0 Å². The summed E-state index contributed by atoms with van der Waals surface area (Å²) in [4.78, 5) is 39.2. The van der Waals surface area contributed by atoms with E-state index >= 15 is 0 Å². The van der Waals surface area contributed by atoms with Gasteiger partial charge >= 0.3 is 0 Å². The van der Waals surface area contributed by atoms with Gasteiger partial charge in [0.1, 0.15) is 24.9 Å². The summed E-state index contributed by atoms with van der Waals surface area (Å²) in [6, 6.07) is 2.36. The molecule has 15 nitrogen and oxygen atoms in total. The Morgan fingerprint density at radius 2 is 1.10 bits per heavy atom. The Morgan fingerprint density at radius 3 is 1.37 bits per heavy atom. The number of aliphatic hydroxyl groups excluding tert-OH is 2. The number of phosphoric ester groups is 2. The zero-order valence-electron chi connectivity index (χ0n) is 24.1. The molecule has 4 fully saturated rings. The Labute approximate surface area is 242 Å². The molecule has 5 unspecified atom stereocenters. The molecule has 0 bridgehead atoms. The van der Waals surface area contributed by atoms with E-state index in [-0.39, 0.29) is 0 Å². The molecule has 4 aliphatic rings. The van der Waals surface area contributed by atoms with Gasteiger partial charge in [-0.2, -0.15) is 0 Å². The van der Waals surface area contributed by atoms with Crippen LogP contribution in [0.1, 0.15) is 96.3 Å². The van der Waals surface area contributed by atoms with Gasteiger partial charge in [-0.05, 0) is 77.0 Å². The van der Waals surface area contributed by atoms with E-state index < -0.39 is 53.0 Å². The van der Waals surface area contributed by atoms with Crippen molar-refractivity contribution in [3.05, 3.63) is 0 Å². The first kappa shape index (κ1) is 39.0. The van der Waals surface area contributed by atoms with E-state index in [2.05, 4.69) is 31.0 Å². The highest BCUT2D eigenvalue weighted by Crippen LogP contribution is 2.37. The third kappa shape index (κ3) is 18.4. The van der Waals surface area contributed by atoms with Crippen molar-refractivity contribution in [3.8, 4) is 0 Å². The highest BCUT2D eigenvalue weighted by atomic mass is 31.2. The molecule has 0 aromatic rings. The molecule has 4 rings (SSSR count). The fourth-order valence-electron chi connectivity index (χ4n) is 5.02. The van der Waals surface area contributed by atoms with E-state index in [0.717, 1.165) is 18.1 Å². The van der Waals surface area contributed by atoms with Gasteiger partial charge in [0.15, 0.2) is 0 Å². The van der Waals surface area contributed by atoms with E-state index in [0.29, 0.717) is 0 Å². The number of ether oxygens (including phenoxy) is 1. The van der Waals surface area contributed by atoms with Crippen LogP contribution < -0.4 is 31.9 Å². The molecule has 13 N–H and O–H groups in total. The maximum atomic E-state index is 10.3. The largest absolute Gasteiger partial charge is 0.790 e. The van der Waals surface area contributed by atoms with Crippen LogP contribution in [0.2, 0.25) is 0 Å². The van der Waals surface area contributed by atoms with Crippen LogP contribution in [0, 0.1) is 0 Å². The number of hydrogen-bond acceptors (Lipinski definition) is 11. The van der Waals surface area contributed by atoms with Gasteiger partial charge in [-0.25, -0.2) is 0 Å². The summed E-state index contributed by atoms with van der Waals surface area (Å²) >= 11 is 0. The molecule has 41 heavy (non-hydrogen) atoms. The number of hydrogen-bond donors (Lipinski definition) is 7. The van der Waals surface area contributed by atoms with E-state index in [1.807, 2.05) is 0 Å². The molecule has 0 aromatic carbocycles. The summed E-state index contributed by atoms with van der Waals surface area (Å²) in [6.07, 6.45) is 15.5. The van der Waals surface area contributed by atoms with Crippen molar-refractivity contribution in [2.75, 3.05) is 13.2 Å². The number of quaternary nitrogens is 3. The van der Waals surface area contributed by atoms with Crippen LogP contribution in [0.3, 0.4) is 0 Å². The van der Waals surface area contributed by atoms with Crippen LogP contribution in [0.15, 0.2) is 0 Å². The minimum atomic E-state index is -5.47. The molecule has 1 saturated heterocycles. The van der Waals surface area contributed by atoms with Gasteiger partial charge in [-0.3, -0.25) is 4.57 Å². The Balaban J connectivity index is 0.000000322. The maximum absolute atomic E-state index is 10.3. The second-order valence-corrected chi connectivity index (χ2v) is 13.8. The van der Waals surface area contributed by atoms with Crippen molar-refractivity contribution in [2.24, 2.45) is 0 Å². The fourth-order valence-corrected chi connectivity index (χ4v) is 5.70. The van der Waals surface area contributed by atoms with Crippen molar-refractivity contribution in [1.82, 2.24) is 0 Å². The molecule has 1 heterocycles. The van der Waals surface area contributed by atoms with Gasteiger partial charge in [-0.15, -0.1) is 0 Å². The van der Waals surface area contributed by atoms with Crippen LogP contribution in [-0.2, 0) is 22.9 Å². The summed E-state index contributed by atoms with van der Waals surface area (Å²) in [5, 5.41) is 28.6. The second-order valence-electron chi connectivity index (χ2n) is 11.4. The van der Waals surface area contributed by atoms with E-state index in [1.54, 1.807) is 0 Å². The van der Waals surface area contributed by atoms with Crippen molar-refractivity contribution >= 4 is 15.6 Å². The molecule has 0 radical (unpaired) electrons. The quantitative estimate of drug-likeness (QED) is 0.142. The second kappa shape index (κ2) is 19.4. The zero-order chi connectivity index (χ0) is 31.1. The lowest BCUT2D eigenvalue weighted by molar-refractivity contribution is -0.425. The Bertz CT molecular complexity index is 748. The summed E-state index contributed by atoms with van der Waals surface area (Å²) in [6.45, 7) is -2.29. The molecule has 1 aliphatic heterocycles. The summed E-state index contributed by atoms with van der Waals surface area (Å²) < 4.78 is 32.8. The van der Waals surface area contributed by atoms with E-state index in [1.165, 1.54) is 96.3 Å². The van der Waals surface area contributed by atoms with Gasteiger partial charge < -0.3 is 70.4 Å². The molecule has 3 aliphatic carbocycles. The lowest BCUT2D eigenvalue weighted by Gasteiger charge is -2.33. The Morgan fingerprint density at radius 1 is 0.732 bits per heavy atom. The first-order valence-corrected chi connectivity index (χ1v) is 17.6. The molecule has 0 spiro atoms. The van der Waals surface area contributed by atoms with Crippen molar-refractivity contribution in [1.29, 1.82) is 0 Å². The third-order valence-electron chi connectivity index (χ3n) is 7.53. The first-order chi connectivity index (χ1) is 19.0. The monoisotopic (exact) mass is 637 g/mol. The highest BCUT2D eigenvalue weighted by Gasteiger charge is 2.54. The SMILES string of the molecule is O=P([O-])([O-])OCC1(O)OC(COP(=O)([O-])O)C(O)C1O.[NH3+]C1CCCCC1.[NH3+]C1CCCCC1.[NH3+]C1CCCCC1. The topological polar surface area (TPSA) is 295 Å². The zero-order valence-corrected chi connectivity index (χ0v) is 25.8. The lowest BCUT2D eigenvalue weighted by atomic mass is 9.97. The van der Waals surface area contributed by atoms with Gasteiger partial charge in [0.25, 0.3) is 7.82 Å². The molecule has 0 aromatic heterocycles. The molecule has 3 saturated carbocycles. The lowest BCUT2D eigenvalue weighted by Crippen LogP contribution is -2.61. The predicted octanol–water partition coefficient (Wildman–Crippen LogP) is -3.20. The fraction of sp³-hybridized carbons (Fsp3) is 1.00. The Kier molecular flexibility index (Phi) is 18.4. The van der Waals surface area contributed by atoms with Gasteiger partial charge in [0.2, 0.25) is 5.79 Å². The van der Waals surface area contributed by atoms with Crippen LogP contribution in [0.4, 0.5) is 0 Å². The summed E-state index contributed by atoms with van der Waals surface area (Å²) in [5.74, 6) is -2.76.